The van der Waals surface area contributed by atoms with Crippen LogP contribution in [-0.4, -0.2) is 54.9 Å². The van der Waals surface area contributed by atoms with Gasteiger partial charge in [-0.3, -0.25) is 9.80 Å². The standard InChI is InChI=1S/C6H12O4.C2H6N4.C2H6/c1-6(3-7,4-8)5(9)10-2;1-6-2-3-4-5-6;1-2/h7-8H,3-4H2,1-2H3;2,4-5H,1H3;1-2H3. The van der Waals surface area contributed by atoms with Gasteiger partial charge in [0.2, 0.25) is 0 Å². The molecule has 0 saturated carbocycles. The second-order valence-electron chi connectivity index (χ2n) is 3.45. The number of hydrogen-bond acceptors (Lipinski definition) is 8. The molecule has 18 heavy (non-hydrogen) atoms. The van der Waals surface area contributed by atoms with Gasteiger partial charge in [0, 0.05) is 7.05 Å². The molecule has 0 bridgehead atoms. The Morgan fingerprint density at radius 2 is 1.94 bits per heavy atom. The first-order chi connectivity index (χ1) is 8.50. The minimum absolute atomic E-state index is 0.407. The fraction of sp³-hybridized carbons (Fsp3) is 0.800. The molecular weight excluding hydrogens is 240 g/mol. The van der Waals surface area contributed by atoms with Crippen LogP contribution >= 0.6 is 0 Å². The molecule has 0 unspecified atom stereocenters. The lowest BCUT2D eigenvalue weighted by Crippen LogP contribution is -2.36. The summed E-state index contributed by atoms with van der Waals surface area (Å²) in [5.74, 6) is -0.600. The Morgan fingerprint density at radius 1 is 1.44 bits per heavy atom. The van der Waals surface area contributed by atoms with Crippen LogP contribution in [0.4, 0.5) is 0 Å². The van der Waals surface area contributed by atoms with Crippen LogP contribution in [-0.2, 0) is 9.53 Å². The number of aliphatic hydroxyl groups is 2. The van der Waals surface area contributed by atoms with E-state index in [-0.39, 0.29) is 0 Å². The van der Waals surface area contributed by atoms with Crippen molar-refractivity contribution in [3.63, 3.8) is 0 Å². The van der Waals surface area contributed by atoms with Gasteiger partial charge in [0.25, 0.3) is 0 Å². The number of ether oxygens (including phenoxy) is 1. The highest BCUT2D eigenvalue weighted by atomic mass is 16.5. The summed E-state index contributed by atoms with van der Waals surface area (Å²) < 4.78 is 4.34. The van der Waals surface area contributed by atoms with Crippen LogP contribution in [0.5, 0.6) is 0 Å². The fourth-order valence-corrected chi connectivity index (χ4v) is 0.678. The number of carbonyl (C=O) groups is 1. The van der Waals surface area contributed by atoms with E-state index in [0.717, 1.165) is 0 Å². The Hall–Kier alpha value is -1.38. The zero-order valence-electron chi connectivity index (χ0n) is 11.6. The Bertz CT molecular complexity index is 244. The molecule has 1 heterocycles. The molecular formula is C10H24N4O4. The van der Waals surface area contributed by atoms with E-state index in [1.165, 1.54) is 14.0 Å². The van der Waals surface area contributed by atoms with Crippen LogP contribution in [0.2, 0.25) is 0 Å². The summed E-state index contributed by atoms with van der Waals surface area (Å²) in [6.07, 6.45) is 1.64. The molecule has 0 atom stereocenters. The van der Waals surface area contributed by atoms with Crippen LogP contribution in [0.25, 0.3) is 0 Å². The number of hydrazine groups is 2. The Balaban J connectivity index is 0. The van der Waals surface area contributed by atoms with Crippen molar-refractivity contribution in [1.29, 1.82) is 0 Å². The van der Waals surface area contributed by atoms with Gasteiger partial charge in [-0.05, 0) is 6.92 Å². The SMILES string of the molecule is CC.CN1C=NNN1.COC(=O)C(C)(CO)CO. The molecule has 0 saturated heterocycles. The Labute approximate surface area is 108 Å². The zero-order chi connectivity index (χ0) is 14.6. The van der Waals surface area contributed by atoms with Crippen molar-refractivity contribution in [2.24, 2.45) is 10.5 Å². The predicted octanol–water partition coefficient (Wildman–Crippen LogP) is -0.939. The van der Waals surface area contributed by atoms with Crippen molar-refractivity contribution in [1.82, 2.24) is 16.1 Å². The summed E-state index contributed by atoms with van der Waals surface area (Å²) in [5, 5.41) is 22.6. The molecule has 0 aromatic heterocycles. The average Bonchev–Trinajstić information content (AvgIpc) is 2.91. The number of hydrogen-bond donors (Lipinski definition) is 4. The minimum atomic E-state index is -1.16. The van der Waals surface area contributed by atoms with Crippen LogP contribution in [0.3, 0.4) is 0 Å². The summed E-state index contributed by atoms with van der Waals surface area (Å²) >= 11 is 0. The molecule has 0 amide bonds. The fourth-order valence-electron chi connectivity index (χ4n) is 0.678. The normalized spacial score (nSPS) is 12.7. The topological polar surface area (TPSA) is 106 Å². The van der Waals surface area contributed by atoms with E-state index in [4.69, 9.17) is 10.2 Å². The highest BCUT2D eigenvalue weighted by Gasteiger charge is 2.32. The lowest BCUT2D eigenvalue weighted by Gasteiger charge is -2.20. The third-order valence-electron chi connectivity index (χ3n) is 1.90. The third kappa shape index (κ3) is 7.05. The van der Waals surface area contributed by atoms with Crippen LogP contribution in [0.1, 0.15) is 20.8 Å². The summed E-state index contributed by atoms with van der Waals surface area (Å²) in [7, 11) is 3.06. The lowest BCUT2D eigenvalue weighted by molar-refractivity contribution is -0.156. The van der Waals surface area contributed by atoms with Gasteiger partial charge in [-0.2, -0.15) is 5.10 Å². The first-order valence-electron chi connectivity index (χ1n) is 5.57. The van der Waals surface area contributed by atoms with E-state index in [0.29, 0.717) is 0 Å². The summed E-state index contributed by atoms with van der Waals surface area (Å²) in [4.78, 5) is 10.8. The molecule has 1 aliphatic rings. The van der Waals surface area contributed by atoms with Crippen molar-refractivity contribution in [2.75, 3.05) is 27.4 Å². The van der Waals surface area contributed by atoms with Gasteiger partial charge in [-0.15, -0.1) is 5.53 Å². The Kier molecular flexibility index (Phi) is 11.3. The zero-order valence-corrected chi connectivity index (χ0v) is 11.6. The van der Waals surface area contributed by atoms with Gasteiger partial charge >= 0.3 is 5.97 Å². The maximum absolute atomic E-state index is 10.8. The highest BCUT2D eigenvalue weighted by Crippen LogP contribution is 2.15. The molecule has 0 aromatic rings. The quantitative estimate of drug-likeness (QED) is 0.487. The number of rotatable bonds is 3. The number of nitrogens with zero attached hydrogens (tertiary/aromatic N) is 2. The van der Waals surface area contributed by atoms with Gasteiger partial charge in [0.05, 0.1) is 20.3 Å². The molecule has 0 spiro atoms. The second-order valence-corrected chi connectivity index (χ2v) is 3.45. The van der Waals surface area contributed by atoms with E-state index >= 15 is 0 Å². The molecule has 0 aromatic carbocycles. The monoisotopic (exact) mass is 264 g/mol. The van der Waals surface area contributed by atoms with Crippen molar-refractivity contribution in [2.45, 2.75) is 20.8 Å². The van der Waals surface area contributed by atoms with E-state index in [1.54, 1.807) is 11.3 Å². The average molecular weight is 264 g/mol. The number of hydrazone groups is 1. The second kappa shape index (κ2) is 10.8. The van der Waals surface area contributed by atoms with Crippen LogP contribution in [0, 0.1) is 5.41 Å². The molecule has 8 nitrogen and oxygen atoms in total. The van der Waals surface area contributed by atoms with Crippen molar-refractivity contribution in [3.8, 4) is 0 Å². The highest BCUT2D eigenvalue weighted by molar-refractivity contribution is 5.76. The molecule has 1 aliphatic heterocycles. The van der Waals surface area contributed by atoms with E-state index in [1.807, 2.05) is 20.9 Å². The summed E-state index contributed by atoms with van der Waals surface area (Å²) in [5.41, 5.74) is 4.04. The molecule has 4 N–H and O–H groups in total. The minimum Gasteiger partial charge on any atom is -0.468 e. The lowest BCUT2D eigenvalue weighted by atomic mass is 9.93. The van der Waals surface area contributed by atoms with Crippen molar-refractivity contribution < 1.29 is 19.7 Å². The molecule has 1 rings (SSSR count). The van der Waals surface area contributed by atoms with Gasteiger partial charge in [-0.25, -0.2) is 5.53 Å². The maximum Gasteiger partial charge on any atom is 0.316 e. The van der Waals surface area contributed by atoms with Crippen molar-refractivity contribution in [3.05, 3.63) is 0 Å². The number of methoxy groups -OCH3 is 1. The number of nitrogens with one attached hydrogen (secondary N) is 2. The van der Waals surface area contributed by atoms with Gasteiger partial charge < -0.3 is 14.9 Å². The van der Waals surface area contributed by atoms with E-state index in [2.05, 4.69) is 20.9 Å². The molecule has 0 aliphatic carbocycles. The Morgan fingerprint density at radius 3 is 2.06 bits per heavy atom. The van der Waals surface area contributed by atoms with E-state index < -0.39 is 24.6 Å². The third-order valence-corrected chi connectivity index (χ3v) is 1.90. The molecule has 108 valence electrons. The van der Waals surface area contributed by atoms with Crippen LogP contribution < -0.4 is 11.1 Å². The van der Waals surface area contributed by atoms with Gasteiger partial charge in [0.1, 0.15) is 11.8 Å². The van der Waals surface area contributed by atoms with Gasteiger partial charge in [0.15, 0.2) is 0 Å². The van der Waals surface area contributed by atoms with E-state index in [9.17, 15) is 4.79 Å². The molecule has 0 radical (unpaired) electrons. The maximum atomic E-state index is 10.8. The summed E-state index contributed by atoms with van der Waals surface area (Å²) in [6.45, 7) is 4.62. The van der Waals surface area contributed by atoms with Crippen LogP contribution in [0.15, 0.2) is 5.10 Å². The first kappa shape index (κ1) is 19.0. The number of carbonyl (C=O) groups excluding carboxylic acids is 1. The number of esters is 1. The molecule has 0 fully saturated rings. The summed E-state index contributed by atoms with van der Waals surface area (Å²) in [6, 6.07) is 0. The molecule has 8 heteroatoms. The largest absolute Gasteiger partial charge is 0.468 e. The predicted molar refractivity (Wildman–Crippen MR) is 68.2 cm³/mol. The smallest absolute Gasteiger partial charge is 0.316 e. The number of aliphatic hydroxyl groups excluding tert-OH is 2. The van der Waals surface area contributed by atoms with Crippen molar-refractivity contribution >= 4 is 12.3 Å². The first-order valence-corrected chi connectivity index (χ1v) is 5.57. The van der Waals surface area contributed by atoms with Gasteiger partial charge in [-0.1, -0.05) is 13.8 Å².